The maximum atomic E-state index is 13.1. The van der Waals surface area contributed by atoms with Crippen molar-refractivity contribution >= 4 is 23.4 Å². The molecule has 0 saturated heterocycles. The average Bonchev–Trinajstić information content (AvgIpc) is 2.68. The van der Waals surface area contributed by atoms with Crippen molar-refractivity contribution in [3.8, 4) is 0 Å². The van der Waals surface area contributed by atoms with E-state index in [2.05, 4.69) is 0 Å². The summed E-state index contributed by atoms with van der Waals surface area (Å²) < 4.78 is 18.5. The van der Waals surface area contributed by atoms with Crippen LogP contribution >= 0.6 is 11.6 Å². The summed E-state index contributed by atoms with van der Waals surface area (Å²) in [5.41, 5.74) is 1.50. The van der Waals surface area contributed by atoms with Crippen molar-refractivity contribution in [3.05, 3.63) is 106 Å². The van der Waals surface area contributed by atoms with Crippen molar-refractivity contribution in [2.24, 2.45) is 0 Å². The van der Waals surface area contributed by atoms with Gasteiger partial charge in [0.2, 0.25) is 0 Å². The first-order valence-electron chi connectivity index (χ1n) is 8.31. The largest absolute Gasteiger partial charge is 0.454 e. The third-order valence-electron chi connectivity index (χ3n) is 4.12. The molecule has 0 amide bonds. The van der Waals surface area contributed by atoms with Gasteiger partial charge < -0.3 is 4.74 Å². The van der Waals surface area contributed by atoms with E-state index in [9.17, 15) is 14.0 Å². The molecule has 3 rings (SSSR count). The fraction of sp³-hybridized carbons (Fsp3) is 0.0909. The number of carbonyl (C=O) groups is 2. The lowest BCUT2D eigenvalue weighted by molar-refractivity contribution is 0.0335. The van der Waals surface area contributed by atoms with Gasteiger partial charge in [0.15, 0.2) is 5.78 Å². The number of esters is 1. The number of ether oxygens (including phenoxy) is 1. The maximum Gasteiger partial charge on any atom is 0.339 e. The van der Waals surface area contributed by atoms with Crippen molar-refractivity contribution < 1.29 is 18.7 Å². The van der Waals surface area contributed by atoms with Crippen LogP contribution in [0.1, 0.15) is 44.9 Å². The van der Waals surface area contributed by atoms with Crippen LogP contribution in [-0.2, 0) is 4.74 Å². The van der Waals surface area contributed by atoms with Gasteiger partial charge in [-0.05, 0) is 55.0 Å². The molecular formula is C22H16ClFO3. The van der Waals surface area contributed by atoms with Crippen molar-refractivity contribution in [2.45, 2.75) is 13.0 Å². The first-order valence-corrected chi connectivity index (χ1v) is 8.69. The van der Waals surface area contributed by atoms with E-state index in [0.717, 1.165) is 0 Å². The molecule has 27 heavy (non-hydrogen) atoms. The van der Waals surface area contributed by atoms with Crippen LogP contribution in [0.3, 0.4) is 0 Å². The second kappa shape index (κ2) is 8.14. The van der Waals surface area contributed by atoms with Crippen LogP contribution in [0.5, 0.6) is 0 Å². The average molecular weight is 383 g/mol. The molecule has 5 heteroatoms. The van der Waals surface area contributed by atoms with Gasteiger partial charge in [-0.25, -0.2) is 9.18 Å². The molecule has 0 saturated carbocycles. The Morgan fingerprint density at radius 2 is 1.48 bits per heavy atom. The van der Waals surface area contributed by atoms with Gasteiger partial charge in [0.05, 0.1) is 5.56 Å². The zero-order valence-electron chi connectivity index (χ0n) is 14.5. The standard InChI is InChI=1S/C22H16ClFO3/c1-14(15-8-12-18(24)13-9-15)27-22(26)20-5-3-2-4-19(20)21(25)16-6-10-17(23)11-7-16/h2-14H,1H3/t14-/m1/s1. The number of hydrogen-bond acceptors (Lipinski definition) is 3. The minimum Gasteiger partial charge on any atom is -0.454 e. The first kappa shape index (κ1) is 18.8. The van der Waals surface area contributed by atoms with E-state index in [0.29, 0.717) is 16.1 Å². The molecule has 0 unspecified atom stereocenters. The molecule has 0 heterocycles. The zero-order chi connectivity index (χ0) is 19.4. The van der Waals surface area contributed by atoms with Gasteiger partial charge >= 0.3 is 5.97 Å². The molecule has 136 valence electrons. The van der Waals surface area contributed by atoms with Crippen molar-refractivity contribution in [1.29, 1.82) is 0 Å². The van der Waals surface area contributed by atoms with Crippen molar-refractivity contribution in [3.63, 3.8) is 0 Å². The molecule has 0 N–H and O–H groups in total. The molecule has 3 aromatic rings. The van der Waals surface area contributed by atoms with Crippen LogP contribution < -0.4 is 0 Å². The molecule has 0 radical (unpaired) electrons. The zero-order valence-corrected chi connectivity index (χ0v) is 15.2. The Hall–Kier alpha value is -2.98. The van der Waals surface area contributed by atoms with Gasteiger partial charge in [-0.3, -0.25) is 4.79 Å². The van der Waals surface area contributed by atoms with E-state index in [1.54, 1.807) is 67.6 Å². The normalized spacial score (nSPS) is 11.7. The SMILES string of the molecule is C[C@@H](OC(=O)c1ccccc1C(=O)c1ccc(Cl)cc1)c1ccc(F)cc1. The van der Waals surface area contributed by atoms with Crippen molar-refractivity contribution in [1.82, 2.24) is 0 Å². The highest BCUT2D eigenvalue weighted by Crippen LogP contribution is 2.22. The van der Waals surface area contributed by atoms with Gasteiger partial charge in [0.1, 0.15) is 11.9 Å². The smallest absolute Gasteiger partial charge is 0.339 e. The lowest BCUT2D eigenvalue weighted by Crippen LogP contribution is -2.14. The highest BCUT2D eigenvalue weighted by atomic mass is 35.5. The van der Waals surface area contributed by atoms with Crippen LogP contribution in [0.15, 0.2) is 72.8 Å². The Morgan fingerprint density at radius 1 is 0.889 bits per heavy atom. The Balaban J connectivity index is 1.84. The summed E-state index contributed by atoms with van der Waals surface area (Å²) in [7, 11) is 0. The molecule has 0 bridgehead atoms. The van der Waals surface area contributed by atoms with E-state index in [1.165, 1.54) is 12.1 Å². The number of carbonyl (C=O) groups excluding carboxylic acids is 2. The maximum absolute atomic E-state index is 13.1. The highest BCUT2D eigenvalue weighted by Gasteiger charge is 2.21. The molecular weight excluding hydrogens is 367 g/mol. The second-order valence-corrected chi connectivity index (χ2v) is 6.42. The predicted octanol–water partition coefficient (Wildman–Crippen LogP) is 5.63. The predicted molar refractivity (Wildman–Crippen MR) is 102 cm³/mol. The molecule has 3 nitrogen and oxygen atoms in total. The Morgan fingerprint density at radius 3 is 2.11 bits per heavy atom. The Labute approximate surface area is 161 Å². The van der Waals surface area contributed by atoms with Gasteiger partial charge in [-0.15, -0.1) is 0 Å². The van der Waals surface area contributed by atoms with E-state index >= 15 is 0 Å². The number of halogens is 2. The highest BCUT2D eigenvalue weighted by molar-refractivity contribution is 6.30. The second-order valence-electron chi connectivity index (χ2n) is 5.98. The summed E-state index contributed by atoms with van der Waals surface area (Å²) >= 11 is 5.86. The van der Waals surface area contributed by atoms with Crippen molar-refractivity contribution in [2.75, 3.05) is 0 Å². The minimum atomic E-state index is -0.621. The molecule has 1 atom stereocenters. The monoisotopic (exact) mass is 382 g/mol. The fourth-order valence-electron chi connectivity index (χ4n) is 2.64. The third-order valence-corrected chi connectivity index (χ3v) is 4.37. The van der Waals surface area contributed by atoms with Gasteiger partial charge in [0.25, 0.3) is 0 Å². The molecule has 0 aliphatic rings. The summed E-state index contributed by atoms with van der Waals surface area (Å²) in [6.45, 7) is 1.69. The molecule has 0 spiro atoms. The third kappa shape index (κ3) is 4.41. The summed E-state index contributed by atoms with van der Waals surface area (Å²) in [4.78, 5) is 25.4. The van der Waals surface area contributed by atoms with Gasteiger partial charge in [-0.1, -0.05) is 41.9 Å². The molecule has 3 aromatic carbocycles. The van der Waals surface area contributed by atoms with Crippen LogP contribution in [0, 0.1) is 5.82 Å². The van der Waals surface area contributed by atoms with E-state index in [-0.39, 0.29) is 22.7 Å². The van der Waals surface area contributed by atoms with Gasteiger partial charge in [0, 0.05) is 16.1 Å². The Bertz CT molecular complexity index is 966. The summed E-state index contributed by atoms with van der Waals surface area (Å²) in [6, 6.07) is 18.6. The number of hydrogen-bond donors (Lipinski definition) is 0. The Kier molecular flexibility index (Phi) is 5.67. The lowest BCUT2D eigenvalue weighted by Gasteiger charge is -2.15. The molecule has 0 aliphatic carbocycles. The van der Waals surface area contributed by atoms with E-state index in [4.69, 9.17) is 16.3 Å². The van der Waals surface area contributed by atoms with E-state index in [1.807, 2.05) is 0 Å². The first-order chi connectivity index (χ1) is 13.0. The van der Waals surface area contributed by atoms with Crippen LogP contribution in [0.2, 0.25) is 5.02 Å². The quantitative estimate of drug-likeness (QED) is 0.424. The lowest BCUT2D eigenvalue weighted by atomic mass is 9.98. The number of ketones is 1. The van der Waals surface area contributed by atoms with Crippen LogP contribution in [-0.4, -0.2) is 11.8 Å². The number of rotatable bonds is 5. The number of benzene rings is 3. The topological polar surface area (TPSA) is 43.4 Å². The van der Waals surface area contributed by atoms with Gasteiger partial charge in [-0.2, -0.15) is 0 Å². The summed E-state index contributed by atoms with van der Waals surface area (Å²) in [5, 5.41) is 0.521. The molecule has 0 aromatic heterocycles. The molecule has 0 aliphatic heterocycles. The minimum absolute atomic E-state index is 0.173. The summed E-state index contributed by atoms with van der Waals surface area (Å²) in [5.74, 6) is -1.28. The fourth-order valence-corrected chi connectivity index (χ4v) is 2.77. The van der Waals surface area contributed by atoms with Crippen LogP contribution in [0.4, 0.5) is 4.39 Å². The molecule has 0 fully saturated rings. The van der Waals surface area contributed by atoms with Crippen LogP contribution in [0.25, 0.3) is 0 Å². The summed E-state index contributed by atoms with van der Waals surface area (Å²) in [6.07, 6.45) is -0.586. The van der Waals surface area contributed by atoms with E-state index < -0.39 is 12.1 Å².